The Kier molecular flexibility index (Phi) is 6.60. The summed E-state index contributed by atoms with van der Waals surface area (Å²) in [6.07, 6.45) is 1.10. The Balaban J connectivity index is 1.63. The molecule has 0 saturated carbocycles. The van der Waals surface area contributed by atoms with Gasteiger partial charge in [0.1, 0.15) is 17.4 Å². The Morgan fingerprint density at radius 1 is 1.16 bits per heavy atom. The highest BCUT2D eigenvalue weighted by Crippen LogP contribution is 2.36. The number of aromatic nitrogens is 2. The van der Waals surface area contributed by atoms with E-state index in [1.54, 1.807) is 23.7 Å². The number of carbonyl (C=O) groups is 1. The van der Waals surface area contributed by atoms with Crippen molar-refractivity contribution in [3.8, 4) is 5.75 Å². The second-order valence-corrected chi connectivity index (χ2v) is 8.60. The van der Waals surface area contributed by atoms with E-state index in [2.05, 4.69) is 10.3 Å². The van der Waals surface area contributed by atoms with Crippen LogP contribution in [-0.4, -0.2) is 22.1 Å². The molecule has 0 fully saturated rings. The van der Waals surface area contributed by atoms with Crippen LogP contribution in [0.25, 0.3) is 0 Å². The lowest BCUT2D eigenvalue weighted by molar-refractivity contribution is -0.116. The molecule has 1 aliphatic rings. The van der Waals surface area contributed by atoms with Gasteiger partial charge in [-0.25, -0.2) is 4.39 Å². The molecular weight excluding hydrogens is 429 g/mol. The maximum atomic E-state index is 13.1. The second-order valence-electron chi connectivity index (χ2n) is 7.66. The Labute approximate surface area is 189 Å². The van der Waals surface area contributed by atoms with Crippen molar-refractivity contribution in [2.24, 2.45) is 7.05 Å². The number of benzene rings is 2. The van der Waals surface area contributed by atoms with E-state index in [-0.39, 0.29) is 29.6 Å². The number of hydrogen-bond acceptors (Lipinski definition) is 5. The van der Waals surface area contributed by atoms with E-state index in [4.69, 9.17) is 4.74 Å². The van der Waals surface area contributed by atoms with Gasteiger partial charge in [0, 0.05) is 25.1 Å². The topological polar surface area (TPSA) is 73.2 Å². The van der Waals surface area contributed by atoms with Crippen molar-refractivity contribution in [2.45, 2.75) is 36.6 Å². The fraction of sp³-hybridized carbons (Fsp3) is 0.292. The van der Waals surface area contributed by atoms with Crippen LogP contribution >= 0.6 is 11.8 Å². The molecule has 0 unspecified atom stereocenters. The first kappa shape index (κ1) is 22.1. The van der Waals surface area contributed by atoms with Crippen LogP contribution in [0.5, 0.6) is 5.75 Å². The largest absolute Gasteiger partial charge is 0.494 e. The van der Waals surface area contributed by atoms with E-state index in [9.17, 15) is 14.0 Å². The molecule has 1 aliphatic heterocycles. The van der Waals surface area contributed by atoms with Crippen LogP contribution in [0.15, 0.2) is 58.5 Å². The number of nitrogens with zero attached hydrogens (tertiary/aromatic N) is 2. The van der Waals surface area contributed by atoms with E-state index in [1.807, 2.05) is 31.2 Å². The number of carbonyl (C=O) groups excluding carboxylic acids is 1. The highest BCUT2D eigenvalue weighted by Gasteiger charge is 2.32. The molecule has 166 valence electrons. The third-order valence-electron chi connectivity index (χ3n) is 5.34. The minimum atomic E-state index is -0.374. The summed E-state index contributed by atoms with van der Waals surface area (Å²) in [6, 6.07) is 13.7. The Morgan fingerprint density at radius 3 is 2.56 bits per heavy atom. The zero-order valence-corrected chi connectivity index (χ0v) is 18.7. The van der Waals surface area contributed by atoms with Gasteiger partial charge in [0.25, 0.3) is 5.56 Å². The highest BCUT2D eigenvalue weighted by molar-refractivity contribution is 7.98. The van der Waals surface area contributed by atoms with Crippen molar-refractivity contribution in [2.75, 3.05) is 11.9 Å². The van der Waals surface area contributed by atoms with Gasteiger partial charge in [0.2, 0.25) is 5.91 Å². The summed E-state index contributed by atoms with van der Waals surface area (Å²) < 4.78 is 20.5. The molecule has 0 bridgehead atoms. The summed E-state index contributed by atoms with van der Waals surface area (Å²) in [7, 11) is 1.78. The van der Waals surface area contributed by atoms with Crippen LogP contribution in [0.3, 0.4) is 0 Å². The smallest absolute Gasteiger partial charge is 0.279 e. The molecule has 0 aliphatic carbocycles. The van der Waals surface area contributed by atoms with Crippen molar-refractivity contribution in [1.82, 2.24) is 9.55 Å². The van der Waals surface area contributed by atoms with Gasteiger partial charge in [-0.2, -0.15) is 4.98 Å². The van der Waals surface area contributed by atoms with Crippen LogP contribution in [0.4, 0.5) is 10.2 Å². The minimum absolute atomic E-state index is 0.149. The number of halogens is 1. The van der Waals surface area contributed by atoms with Crippen LogP contribution in [0, 0.1) is 5.82 Å². The number of thioether (sulfide) groups is 1. The summed E-state index contributed by atoms with van der Waals surface area (Å²) in [6.45, 7) is 2.68. The van der Waals surface area contributed by atoms with E-state index >= 15 is 0 Å². The monoisotopic (exact) mass is 453 g/mol. The van der Waals surface area contributed by atoms with E-state index in [0.29, 0.717) is 28.9 Å². The van der Waals surface area contributed by atoms with Gasteiger partial charge in [-0.1, -0.05) is 43.0 Å². The lowest BCUT2D eigenvalue weighted by Crippen LogP contribution is -2.33. The maximum absolute atomic E-state index is 13.1. The molecule has 4 rings (SSSR count). The first-order valence-electron chi connectivity index (χ1n) is 10.5. The van der Waals surface area contributed by atoms with Gasteiger partial charge >= 0.3 is 0 Å². The highest BCUT2D eigenvalue weighted by atomic mass is 32.2. The standard InChI is InChI=1S/C24H24FN3O3S/c1-3-12-31-18-10-6-16(7-11-18)19-13-20(29)26-22-21(19)23(30)27-24(28(22)2)32-14-15-4-8-17(25)9-5-15/h4-11,19H,3,12-14H2,1-2H3,(H,26,29)/t19-/m1/s1. The number of amides is 1. The quantitative estimate of drug-likeness (QED) is 0.422. The molecule has 2 heterocycles. The number of nitrogens with one attached hydrogen (secondary N) is 1. The van der Waals surface area contributed by atoms with Crippen LogP contribution in [-0.2, 0) is 17.6 Å². The van der Waals surface area contributed by atoms with E-state index < -0.39 is 0 Å². The normalized spacial score (nSPS) is 15.2. The molecule has 1 atom stereocenters. The van der Waals surface area contributed by atoms with Crippen molar-refractivity contribution in [3.63, 3.8) is 0 Å². The molecule has 6 nitrogen and oxygen atoms in total. The summed E-state index contributed by atoms with van der Waals surface area (Å²) in [5.74, 6) is 0.937. The van der Waals surface area contributed by atoms with Gasteiger partial charge in [-0.05, 0) is 41.8 Å². The van der Waals surface area contributed by atoms with Gasteiger partial charge in [0.05, 0.1) is 12.2 Å². The van der Waals surface area contributed by atoms with Crippen molar-refractivity contribution in [1.29, 1.82) is 0 Å². The van der Waals surface area contributed by atoms with E-state index in [1.165, 1.54) is 23.9 Å². The fourth-order valence-corrected chi connectivity index (χ4v) is 4.61. The number of anilines is 1. The van der Waals surface area contributed by atoms with Crippen LogP contribution < -0.4 is 15.6 Å². The van der Waals surface area contributed by atoms with Crippen molar-refractivity contribution in [3.05, 3.63) is 81.4 Å². The van der Waals surface area contributed by atoms with Gasteiger partial charge < -0.3 is 14.6 Å². The summed E-state index contributed by atoms with van der Waals surface area (Å²) in [5, 5.41) is 3.34. The third kappa shape index (κ3) is 4.70. The molecule has 0 saturated heterocycles. The SMILES string of the molecule is CCCOc1ccc([C@H]2CC(=O)Nc3c2c(=O)nc(SCc2ccc(F)cc2)n3C)cc1. The third-order valence-corrected chi connectivity index (χ3v) is 6.44. The molecule has 1 aromatic heterocycles. The summed E-state index contributed by atoms with van der Waals surface area (Å²) >= 11 is 1.36. The van der Waals surface area contributed by atoms with Crippen LogP contribution in [0.2, 0.25) is 0 Å². The number of hydrogen-bond donors (Lipinski definition) is 1. The molecular formula is C24H24FN3O3S. The molecule has 0 radical (unpaired) electrons. The first-order valence-corrected chi connectivity index (χ1v) is 11.5. The average Bonchev–Trinajstić information content (AvgIpc) is 2.80. The summed E-state index contributed by atoms with van der Waals surface area (Å²) in [4.78, 5) is 29.8. The number of rotatable bonds is 7. The van der Waals surface area contributed by atoms with Gasteiger partial charge in [-0.15, -0.1) is 0 Å². The predicted octanol–water partition coefficient (Wildman–Crippen LogP) is 4.47. The Morgan fingerprint density at radius 2 is 1.88 bits per heavy atom. The maximum Gasteiger partial charge on any atom is 0.279 e. The summed E-state index contributed by atoms with van der Waals surface area (Å²) in [5.41, 5.74) is 1.92. The second kappa shape index (κ2) is 9.56. The fourth-order valence-electron chi connectivity index (χ4n) is 3.69. The predicted molar refractivity (Wildman–Crippen MR) is 123 cm³/mol. The Bertz CT molecular complexity index is 1180. The lowest BCUT2D eigenvalue weighted by atomic mass is 9.87. The van der Waals surface area contributed by atoms with Crippen molar-refractivity contribution < 1.29 is 13.9 Å². The number of ether oxygens (including phenoxy) is 1. The molecule has 32 heavy (non-hydrogen) atoms. The lowest BCUT2D eigenvalue weighted by Gasteiger charge is -2.27. The van der Waals surface area contributed by atoms with E-state index in [0.717, 1.165) is 23.3 Å². The molecule has 1 N–H and O–H groups in total. The molecule has 3 aromatic rings. The molecule has 8 heteroatoms. The minimum Gasteiger partial charge on any atom is -0.494 e. The molecule has 0 spiro atoms. The first-order chi connectivity index (χ1) is 15.5. The van der Waals surface area contributed by atoms with Gasteiger partial charge in [0.15, 0.2) is 5.16 Å². The molecule has 1 amide bonds. The average molecular weight is 454 g/mol. The molecule has 2 aromatic carbocycles. The zero-order valence-electron chi connectivity index (χ0n) is 17.9. The Hall–Kier alpha value is -3.13. The number of fused-ring (bicyclic) bond motifs is 1. The zero-order chi connectivity index (χ0) is 22.7. The van der Waals surface area contributed by atoms with Crippen LogP contribution in [0.1, 0.15) is 42.4 Å². The van der Waals surface area contributed by atoms with Crippen molar-refractivity contribution >= 4 is 23.5 Å². The van der Waals surface area contributed by atoms with Gasteiger partial charge in [-0.3, -0.25) is 9.59 Å².